The van der Waals surface area contributed by atoms with Crippen LogP contribution in [0.2, 0.25) is 0 Å². The van der Waals surface area contributed by atoms with Crippen molar-refractivity contribution in [3.05, 3.63) is 60.0 Å². The van der Waals surface area contributed by atoms with Crippen LogP contribution in [-0.2, 0) is 9.53 Å². The predicted octanol–water partition coefficient (Wildman–Crippen LogP) is 3.54. The van der Waals surface area contributed by atoms with Crippen LogP contribution in [0.1, 0.15) is 30.7 Å². The standard InChI is InChI=1S/C20H21FN2O2/c21-15-6-7-19(22-13-15)23(16-8-10-25-11-9-16)20(24)18-12-17(18)14-4-2-1-3-5-14/h1-7,13,16-18H,8-12H2. The van der Waals surface area contributed by atoms with Crippen molar-refractivity contribution in [1.29, 1.82) is 0 Å². The highest BCUT2D eigenvalue weighted by molar-refractivity contribution is 5.97. The first-order valence-corrected chi connectivity index (χ1v) is 8.81. The third kappa shape index (κ3) is 3.42. The van der Waals surface area contributed by atoms with Gasteiger partial charge >= 0.3 is 0 Å². The van der Waals surface area contributed by atoms with E-state index >= 15 is 0 Å². The third-order valence-electron chi connectivity index (χ3n) is 5.09. The molecule has 4 nitrogen and oxygen atoms in total. The quantitative estimate of drug-likeness (QED) is 0.855. The van der Waals surface area contributed by atoms with Gasteiger partial charge in [-0.15, -0.1) is 0 Å². The minimum Gasteiger partial charge on any atom is -0.381 e. The molecule has 0 N–H and O–H groups in total. The van der Waals surface area contributed by atoms with Crippen molar-refractivity contribution < 1.29 is 13.9 Å². The summed E-state index contributed by atoms with van der Waals surface area (Å²) in [5.74, 6) is 0.502. The van der Waals surface area contributed by atoms with Crippen LogP contribution in [-0.4, -0.2) is 30.1 Å². The van der Waals surface area contributed by atoms with E-state index in [9.17, 15) is 9.18 Å². The van der Waals surface area contributed by atoms with Gasteiger partial charge in [-0.3, -0.25) is 9.69 Å². The number of hydrogen-bond acceptors (Lipinski definition) is 3. The largest absolute Gasteiger partial charge is 0.381 e. The second kappa shape index (κ2) is 6.92. The molecule has 1 aromatic heterocycles. The van der Waals surface area contributed by atoms with Crippen molar-refractivity contribution >= 4 is 11.7 Å². The summed E-state index contributed by atoms with van der Waals surface area (Å²) in [5, 5.41) is 0. The Hall–Kier alpha value is -2.27. The molecular weight excluding hydrogens is 319 g/mol. The van der Waals surface area contributed by atoms with Crippen LogP contribution >= 0.6 is 0 Å². The summed E-state index contributed by atoms with van der Waals surface area (Å²) >= 11 is 0. The van der Waals surface area contributed by atoms with Gasteiger partial charge in [0.15, 0.2) is 0 Å². The number of pyridine rings is 1. The summed E-state index contributed by atoms with van der Waals surface area (Å²) in [5.41, 5.74) is 1.21. The van der Waals surface area contributed by atoms with Crippen LogP contribution in [0, 0.1) is 11.7 Å². The van der Waals surface area contributed by atoms with Crippen LogP contribution in [0.5, 0.6) is 0 Å². The number of rotatable bonds is 4. The molecular formula is C20H21FN2O2. The molecule has 0 bridgehead atoms. The van der Waals surface area contributed by atoms with Gasteiger partial charge in [0.2, 0.25) is 5.91 Å². The first-order valence-electron chi connectivity index (χ1n) is 8.81. The zero-order chi connectivity index (χ0) is 17.2. The third-order valence-corrected chi connectivity index (χ3v) is 5.09. The minimum atomic E-state index is -0.392. The molecule has 5 heteroatoms. The van der Waals surface area contributed by atoms with Crippen molar-refractivity contribution in [2.45, 2.75) is 31.2 Å². The van der Waals surface area contributed by atoms with E-state index in [0.717, 1.165) is 19.3 Å². The molecule has 4 rings (SSSR count). The highest BCUT2D eigenvalue weighted by Gasteiger charge is 2.47. The summed E-state index contributed by atoms with van der Waals surface area (Å²) in [4.78, 5) is 19.2. The van der Waals surface area contributed by atoms with Gasteiger partial charge in [0.05, 0.1) is 6.20 Å². The Balaban J connectivity index is 1.57. The van der Waals surface area contributed by atoms with Gasteiger partial charge in [-0.05, 0) is 42.9 Å². The molecule has 1 saturated heterocycles. The Morgan fingerprint density at radius 2 is 1.88 bits per heavy atom. The number of halogens is 1. The van der Waals surface area contributed by atoms with Gasteiger partial charge in [-0.25, -0.2) is 9.37 Å². The lowest BCUT2D eigenvalue weighted by molar-refractivity contribution is -0.120. The van der Waals surface area contributed by atoms with Gasteiger partial charge in [-0.1, -0.05) is 30.3 Å². The van der Waals surface area contributed by atoms with E-state index in [0.29, 0.717) is 19.0 Å². The highest BCUT2D eigenvalue weighted by atomic mass is 19.1. The smallest absolute Gasteiger partial charge is 0.232 e. The molecule has 0 radical (unpaired) electrons. The molecule has 1 saturated carbocycles. The van der Waals surface area contributed by atoms with Gasteiger partial charge in [-0.2, -0.15) is 0 Å². The Labute approximate surface area is 146 Å². The SMILES string of the molecule is O=C(C1CC1c1ccccc1)N(c1ccc(F)cn1)C1CCOCC1. The molecule has 1 aromatic carbocycles. The van der Waals surface area contributed by atoms with Crippen molar-refractivity contribution in [1.82, 2.24) is 4.98 Å². The summed E-state index contributed by atoms with van der Waals surface area (Å²) in [7, 11) is 0. The van der Waals surface area contributed by atoms with Crippen LogP contribution in [0.15, 0.2) is 48.7 Å². The fourth-order valence-electron chi connectivity index (χ4n) is 3.65. The fourth-order valence-corrected chi connectivity index (χ4v) is 3.65. The summed E-state index contributed by atoms with van der Waals surface area (Å²) in [6, 6.07) is 13.2. The van der Waals surface area contributed by atoms with Gasteiger partial charge in [0, 0.05) is 25.2 Å². The topological polar surface area (TPSA) is 42.4 Å². The molecule has 2 aliphatic rings. The lowest BCUT2D eigenvalue weighted by Gasteiger charge is -2.33. The van der Waals surface area contributed by atoms with E-state index in [-0.39, 0.29) is 23.8 Å². The molecule has 2 aromatic rings. The number of carbonyl (C=O) groups excluding carboxylic acids is 1. The monoisotopic (exact) mass is 340 g/mol. The second-order valence-corrected chi connectivity index (χ2v) is 6.75. The van der Waals surface area contributed by atoms with Crippen molar-refractivity contribution in [2.24, 2.45) is 5.92 Å². The average molecular weight is 340 g/mol. The number of carbonyl (C=O) groups is 1. The van der Waals surface area contributed by atoms with Crippen molar-refractivity contribution in [3.63, 3.8) is 0 Å². The molecule has 1 aliphatic carbocycles. The lowest BCUT2D eigenvalue weighted by Crippen LogP contribution is -2.45. The van der Waals surface area contributed by atoms with Gasteiger partial charge < -0.3 is 4.74 Å². The molecule has 1 amide bonds. The average Bonchev–Trinajstić information content (AvgIpc) is 3.46. The Bertz CT molecular complexity index is 729. The Morgan fingerprint density at radius 1 is 1.12 bits per heavy atom. The molecule has 130 valence electrons. The molecule has 2 unspecified atom stereocenters. The second-order valence-electron chi connectivity index (χ2n) is 6.75. The summed E-state index contributed by atoms with van der Waals surface area (Å²) in [6.45, 7) is 1.28. The molecule has 0 spiro atoms. The number of ether oxygens (including phenoxy) is 1. The van der Waals surface area contributed by atoms with Crippen LogP contribution in [0.3, 0.4) is 0 Å². The van der Waals surface area contributed by atoms with E-state index in [2.05, 4.69) is 17.1 Å². The molecule has 2 atom stereocenters. The summed E-state index contributed by atoms with van der Waals surface area (Å²) in [6.07, 6.45) is 3.61. The van der Waals surface area contributed by atoms with Crippen molar-refractivity contribution in [3.8, 4) is 0 Å². The van der Waals surface area contributed by atoms with Gasteiger partial charge in [0.1, 0.15) is 11.6 Å². The van der Waals surface area contributed by atoms with E-state index in [1.165, 1.54) is 17.8 Å². The number of amides is 1. The van der Waals surface area contributed by atoms with Crippen LogP contribution in [0.4, 0.5) is 10.2 Å². The first-order chi connectivity index (χ1) is 12.2. The maximum Gasteiger partial charge on any atom is 0.232 e. The zero-order valence-corrected chi connectivity index (χ0v) is 14.0. The number of nitrogens with zero attached hydrogens (tertiary/aromatic N) is 2. The van der Waals surface area contributed by atoms with E-state index < -0.39 is 5.82 Å². The minimum absolute atomic E-state index is 0.0166. The number of hydrogen-bond donors (Lipinski definition) is 0. The Kier molecular flexibility index (Phi) is 4.49. The molecule has 25 heavy (non-hydrogen) atoms. The Morgan fingerprint density at radius 3 is 2.56 bits per heavy atom. The van der Waals surface area contributed by atoms with Crippen LogP contribution in [0.25, 0.3) is 0 Å². The lowest BCUT2D eigenvalue weighted by atomic mass is 10.0. The highest BCUT2D eigenvalue weighted by Crippen LogP contribution is 2.49. The molecule has 1 aliphatic heterocycles. The summed E-state index contributed by atoms with van der Waals surface area (Å²) < 4.78 is 18.7. The number of benzene rings is 1. The zero-order valence-electron chi connectivity index (χ0n) is 14.0. The molecule has 2 heterocycles. The van der Waals surface area contributed by atoms with Gasteiger partial charge in [0.25, 0.3) is 0 Å². The van der Waals surface area contributed by atoms with E-state index in [1.807, 2.05) is 18.2 Å². The number of anilines is 1. The van der Waals surface area contributed by atoms with E-state index in [1.54, 1.807) is 11.0 Å². The van der Waals surface area contributed by atoms with Crippen molar-refractivity contribution in [2.75, 3.05) is 18.1 Å². The maximum atomic E-state index is 13.3. The maximum absolute atomic E-state index is 13.3. The van der Waals surface area contributed by atoms with Crippen LogP contribution < -0.4 is 4.90 Å². The van der Waals surface area contributed by atoms with E-state index in [4.69, 9.17) is 4.74 Å². The predicted molar refractivity (Wildman–Crippen MR) is 92.8 cm³/mol. The first kappa shape index (κ1) is 16.2. The normalized spacial score (nSPS) is 23.2. The fraction of sp³-hybridized carbons (Fsp3) is 0.400. The molecule has 2 fully saturated rings. The number of aromatic nitrogens is 1.